The van der Waals surface area contributed by atoms with Crippen molar-refractivity contribution in [1.29, 1.82) is 0 Å². The lowest BCUT2D eigenvalue weighted by atomic mass is 10.1. The fourth-order valence-electron chi connectivity index (χ4n) is 2.58. The molecular formula is C16H13ClFNO. The standard InChI is InChI=1S/C16H13ClFNO/c17-12-4-7-14-11(9-12)3-8-15(14)19-16(20)10-1-5-13(18)6-2-10/h1-2,4-7,9,15H,3,8H2,(H,19,20). The molecule has 1 aliphatic carbocycles. The molecule has 1 amide bonds. The third-order valence-electron chi connectivity index (χ3n) is 3.59. The summed E-state index contributed by atoms with van der Waals surface area (Å²) in [5, 5.41) is 3.70. The average Bonchev–Trinajstić information content (AvgIpc) is 2.81. The van der Waals surface area contributed by atoms with Gasteiger partial charge in [-0.2, -0.15) is 0 Å². The molecule has 0 saturated heterocycles. The highest BCUT2D eigenvalue weighted by Gasteiger charge is 2.24. The van der Waals surface area contributed by atoms with Gasteiger partial charge in [0.05, 0.1) is 6.04 Å². The number of hydrogen-bond acceptors (Lipinski definition) is 1. The largest absolute Gasteiger partial charge is 0.345 e. The molecule has 3 rings (SSSR count). The second-order valence-electron chi connectivity index (χ2n) is 4.91. The number of carbonyl (C=O) groups is 1. The summed E-state index contributed by atoms with van der Waals surface area (Å²) in [6, 6.07) is 11.3. The Morgan fingerprint density at radius 1 is 1.20 bits per heavy atom. The number of carbonyl (C=O) groups excluding carboxylic acids is 1. The molecule has 102 valence electrons. The molecule has 0 radical (unpaired) electrons. The van der Waals surface area contributed by atoms with E-state index >= 15 is 0 Å². The SMILES string of the molecule is O=C(NC1CCc2cc(Cl)ccc21)c1ccc(F)cc1. The van der Waals surface area contributed by atoms with E-state index in [1.165, 1.54) is 29.8 Å². The number of fused-ring (bicyclic) bond motifs is 1. The molecule has 0 heterocycles. The highest BCUT2D eigenvalue weighted by molar-refractivity contribution is 6.30. The number of amides is 1. The van der Waals surface area contributed by atoms with Crippen LogP contribution in [0.3, 0.4) is 0 Å². The molecule has 0 bridgehead atoms. The summed E-state index contributed by atoms with van der Waals surface area (Å²) >= 11 is 5.96. The van der Waals surface area contributed by atoms with Gasteiger partial charge in [-0.25, -0.2) is 4.39 Å². The lowest BCUT2D eigenvalue weighted by molar-refractivity contribution is 0.0936. The molecule has 1 N–H and O–H groups in total. The Kier molecular flexibility index (Phi) is 3.45. The van der Waals surface area contributed by atoms with Crippen LogP contribution in [0, 0.1) is 5.82 Å². The Balaban J connectivity index is 1.77. The van der Waals surface area contributed by atoms with Crippen molar-refractivity contribution in [3.8, 4) is 0 Å². The van der Waals surface area contributed by atoms with Crippen molar-refractivity contribution in [2.45, 2.75) is 18.9 Å². The maximum Gasteiger partial charge on any atom is 0.251 e. The Labute approximate surface area is 121 Å². The first-order chi connectivity index (χ1) is 9.63. The average molecular weight is 290 g/mol. The predicted octanol–water partition coefficient (Wildman–Crippen LogP) is 3.90. The molecule has 0 saturated carbocycles. The summed E-state index contributed by atoms with van der Waals surface area (Å²) in [7, 11) is 0. The second kappa shape index (κ2) is 5.25. The molecule has 1 aliphatic rings. The number of aryl methyl sites for hydroxylation is 1. The van der Waals surface area contributed by atoms with Gasteiger partial charge >= 0.3 is 0 Å². The molecule has 1 unspecified atom stereocenters. The third-order valence-corrected chi connectivity index (χ3v) is 3.83. The zero-order valence-corrected chi connectivity index (χ0v) is 11.5. The van der Waals surface area contributed by atoms with Crippen molar-refractivity contribution >= 4 is 17.5 Å². The molecule has 0 fully saturated rings. The summed E-state index contributed by atoms with van der Waals surface area (Å²) in [4.78, 5) is 12.1. The van der Waals surface area contributed by atoms with Gasteiger partial charge in [0.25, 0.3) is 5.91 Å². The first kappa shape index (κ1) is 13.1. The lowest BCUT2D eigenvalue weighted by Crippen LogP contribution is -2.27. The second-order valence-corrected chi connectivity index (χ2v) is 5.35. The van der Waals surface area contributed by atoms with E-state index in [2.05, 4.69) is 5.32 Å². The zero-order chi connectivity index (χ0) is 14.1. The van der Waals surface area contributed by atoms with Crippen LogP contribution in [0.2, 0.25) is 5.02 Å². The molecule has 20 heavy (non-hydrogen) atoms. The summed E-state index contributed by atoms with van der Waals surface area (Å²) in [6.45, 7) is 0. The first-order valence-corrected chi connectivity index (χ1v) is 6.86. The minimum atomic E-state index is -0.345. The normalized spacial score (nSPS) is 16.8. The Morgan fingerprint density at radius 2 is 1.95 bits per heavy atom. The molecular weight excluding hydrogens is 277 g/mol. The smallest absolute Gasteiger partial charge is 0.251 e. The van der Waals surface area contributed by atoms with Crippen LogP contribution >= 0.6 is 11.6 Å². The number of hydrogen-bond donors (Lipinski definition) is 1. The minimum Gasteiger partial charge on any atom is -0.345 e. The van der Waals surface area contributed by atoms with Gasteiger partial charge in [-0.3, -0.25) is 4.79 Å². The highest BCUT2D eigenvalue weighted by Crippen LogP contribution is 2.32. The van der Waals surface area contributed by atoms with Gasteiger partial charge in [0.1, 0.15) is 5.82 Å². The highest BCUT2D eigenvalue weighted by atomic mass is 35.5. The molecule has 1 atom stereocenters. The van der Waals surface area contributed by atoms with Crippen LogP contribution in [-0.2, 0) is 6.42 Å². The van der Waals surface area contributed by atoms with Crippen LogP contribution in [-0.4, -0.2) is 5.91 Å². The van der Waals surface area contributed by atoms with Crippen molar-refractivity contribution in [3.63, 3.8) is 0 Å². The van der Waals surface area contributed by atoms with Crippen LogP contribution in [0.5, 0.6) is 0 Å². The van der Waals surface area contributed by atoms with Crippen molar-refractivity contribution in [2.75, 3.05) is 0 Å². The third kappa shape index (κ3) is 2.54. The van der Waals surface area contributed by atoms with Crippen LogP contribution < -0.4 is 5.32 Å². The zero-order valence-electron chi connectivity index (χ0n) is 10.7. The van der Waals surface area contributed by atoms with E-state index in [0.717, 1.165) is 18.4 Å². The van der Waals surface area contributed by atoms with Crippen molar-refractivity contribution in [2.24, 2.45) is 0 Å². The van der Waals surface area contributed by atoms with Crippen LogP contribution in [0.4, 0.5) is 4.39 Å². The lowest BCUT2D eigenvalue weighted by Gasteiger charge is -2.14. The summed E-state index contributed by atoms with van der Waals surface area (Å²) in [5.41, 5.74) is 2.76. The quantitative estimate of drug-likeness (QED) is 0.893. The van der Waals surface area contributed by atoms with Gasteiger partial charge < -0.3 is 5.32 Å². The number of benzene rings is 2. The first-order valence-electron chi connectivity index (χ1n) is 6.48. The minimum absolute atomic E-state index is 0.000167. The summed E-state index contributed by atoms with van der Waals surface area (Å²) < 4.78 is 12.8. The van der Waals surface area contributed by atoms with E-state index in [9.17, 15) is 9.18 Å². The van der Waals surface area contributed by atoms with Gasteiger partial charge in [-0.1, -0.05) is 17.7 Å². The van der Waals surface area contributed by atoms with E-state index in [1.807, 2.05) is 18.2 Å². The van der Waals surface area contributed by atoms with E-state index in [-0.39, 0.29) is 17.8 Å². The van der Waals surface area contributed by atoms with Gasteiger partial charge in [0.15, 0.2) is 0 Å². The molecule has 2 nitrogen and oxygen atoms in total. The summed E-state index contributed by atoms with van der Waals surface area (Å²) in [5.74, 6) is -0.528. The fourth-order valence-corrected chi connectivity index (χ4v) is 2.77. The van der Waals surface area contributed by atoms with Crippen molar-refractivity contribution in [3.05, 3.63) is 70.0 Å². The number of rotatable bonds is 2. The maximum absolute atomic E-state index is 12.8. The topological polar surface area (TPSA) is 29.1 Å². The van der Waals surface area contributed by atoms with Gasteiger partial charge in [0, 0.05) is 10.6 Å². The molecule has 0 aromatic heterocycles. The monoisotopic (exact) mass is 289 g/mol. The maximum atomic E-state index is 12.8. The molecule has 4 heteroatoms. The van der Waals surface area contributed by atoms with E-state index < -0.39 is 0 Å². The Morgan fingerprint density at radius 3 is 2.70 bits per heavy atom. The van der Waals surface area contributed by atoms with Crippen molar-refractivity contribution in [1.82, 2.24) is 5.32 Å². The fraction of sp³-hybridized carbons (Fsp3) is 0.188. The number of halogens is 2. The molecule has 0 aliphatic heterocycles. The van der Waals surface area contributed by atoms with Crippen LogP contribution in [0.1, 0.15) is 33.9 Å². The predicted molar refractivity (Wildman–Crippen MR) is 76.4 cm³/mol. The Hall–Kier alpha value is -1.87. The summed E-state index contributed by atoms with van der Waals surface area (Å²) in [6.07, 6.45) is 1.77. The molecule has 2 aromatic rings. The Bertz CT molecular complexity index is 654. The van der Waals surface area contributed by atoms with Crippen molar-refractivity contribution < 1.29 is 9.18 Å². The van der Waals surface area contributed by atoms with E-state index in [0.29, 0.717) is 10.6 Å². The number of nitrogens with one attached hydrogen (secondary N) is 1. The van der Waals surface area contributed by atoms with Crippen LogP contribution in [0.15, 0.2) is 42.5 Å². The van der Waals surface area contributed by atoms with Gasteiger partial charge in [-0.05, 0) is 60.4 Å². The van der Waals surface area contributed by atoms with Gasteiger partial charge in [-0.15, -0.1) is 0 Å². The van der Waals surface area contributed by atoms with E-state index in [1.54, 1.807) is 0 Å². The van der Waals surface area contributed by atoms with Crippen LogP contribution in [0.25, 0.3) is 0 Å². The van der Waals surface area contributed by atoms with Gasteiger partial charge in [0.2, 0.25) is 0 Å². The molecule has 0 spiro atoms. The van der Waals surface area contributed by atoms with E-state index in [4.69, 9.17) is 11.6 Å². The molecule has 2 aromatic carbocycles.